The van der Waals surface area contributed by atoms with Crippen molar-refractivity contribution in [3.05, 3.63) is 65.2 Å². The summed E-state index contributed by atoms with van der Waals surface area (Å²) in [4.78, 5) is 32.2. The second-order valence-electron chi connectivity index (χ2n) is 10.8. The molecule has 2 amide bonds. The lowest BCUT2D eigenvalue weighted by Gasteiger charge is -2.35. The summed E-state index contributed by atoms with van der Waals surface area (Å²) in [5.41, 5.74) is -0.168. The Morgan fingerprint density at radius 2 is 1.89 bits per heavy atom. The minimum absolute atomic E-state index is 0.164. The number of hydrogen-bond donors (Lipinski definition) is 1. The molecule has 1 aromatic heterocycles. The highest BCUT2D eigenvalue weighted by Crippen LogP contribution is 2.37. The first-order valence-corrected chi connectivity index (χ1v) is 12.1. The van der Waals surface area contributed by atoms with Crippen LogP contribution in [0.15, 0.2) is 42.6 Å². The van der Waals surface area contributed by atoms with E-state index in [4.69, 9.17) is 9.47 Å². The Balaban J connectivity index is 1.66. The van der Waals surface area contributed by atoms with Gasteiger partial charge in [0.1, 0.15) is 17.1 Å². The van der Waals surface area contributed by atoms with Crippen molar-refractivity contribution < 1.29 is 23.5 Å². The number of amides is 2. The highest BCUT2D eigenvalue weighted by atomic mass is 19.1. The molecular formula is C27H34FN3O4. The summed E-state index contributed by atoms with van der Waals surface area (Å²) >= 11 is 0. The summed E-state index contributed by atoms with van der Waals surface area (Å²) in [5, 5.41) is 3.01. The van der Waals surface area contributed by atoms with E-state index in [0.717, 1.165) is 12.8 Å². The number of aromatic nitrogens is 1. The molecular weight excluding hydrogens is 449 g/mol. The number of hydrogen-bond acceptors (Lipinski definition) is 5. The van der Waals surface area contributed by atoms with Gasteiger partial charge in [-0.15, -0.1) is 0 Å². The van der Waals surface area contributed by atoms with Gasteiger partial charge in [-0.1, -0.05) is 18.2 Å². The summed E-state index contributed by atoms with van der Waals surface area (Å²) in [7, 11) is 0. The first-order valence-electron chi connectivity index (χ1n) is 12.1. The van der Waals surface area contributed by atoms with Gasteiger partial charge in [-0.3, -0.25) is 14.7 Å². The minimum atomic E-state index is -1.01. The van der Waals surface area contributed by atoms with Gasteiger partial charge in [-0.2, -0.15) is 0 Å². The van der Waals surface area contributed by atoms with Crippen molar-refractivity contribution in [3.63, 3.8) is 0 Å². The Hall–Kier alpha value is -3.00. The predicted octanol–water partition coefficient (Wildman–Crippen LogP) is 4.64. The van der Waals surface area contributed by atoms with E-state index in [1.54, 1.807) is 76.0 Å². The Morgan fingerprint density at radius 3 is 2.54 bits per heavy atom. The molecule has 0 radical (unpaired) electrons. The third kappa shape index (κ3) is 5.99. The number of carbonyl (C=O) groups is 2. The van der Waals surface area contributed by atoms with Crippen LogP contribution in [0.3, 0.4) is 0 Å². The third-order valence-electron chi connectivity index (χ3n) is 6.20. The molecule has 8 heteroatoms. The number of rotatable bonds is 6. The molecule has 2 aromatic rings. The monoisotopic (exact) mass is 483 g/mol. The molecule has 1 aromatic carbocycles. The smallest absolute Gasteiger partial charge is 0.412 e. The quantitative estimate of drug-likeness (QED) is 0.648. The molecule has 2 aliphatic rings. The van der Waals surface area contributed by atoms with Gasteiger partial charge >= 0.3 is 6.09 Å². The Labute approximate surface area is 206 Å². The van der Waals surface area contributed by atoms with Crippen LogP contribution in [0.1, 0.15) is 69.1 Å². The van der Waals surface area contributed by atoms with Gasteiger partial charge in [0.05, 0.1) is 23.4 Å². The van der Waals surface area contributed by atoms with Crippen molar-refractivity contribution in [2.45, 2.75) is 89.8 Å². The van der Waals surface area contributed by atoms with Gasteiger partial charge in [-0.25, -0.2) is 9.18 Å². The molecule has 0 spiro atoms. The maximum Gasteiger partial charge on any atom is 0.412 e. The Morgan fingerprint density at radius 1 is 1.17 bits per heavy atom. The average molecular weight is 484 g/mol. The van der Waals surface area contributed by atoms with Crippen molar-refractivity contribution in [2.75, 3.05) is 0 Å². The van der Waals surface area contributed by atoms with Gasteiger partial charge in [0.2, 0.25) is 0 Å². The number of ether oxygens (including phenoxy) is 2. The summed E-state index contributed by atoms with van der Waals surface area (Å²) in [6.45, 7) is 9.00. The molecule has 1 saturated heterocycles. The topological polar surface area (TPSA) is 80.8 Å². The second-order valence-corrected chi connectivity index (χ2v) is 10.8. The second kappa shape index (κ2) is 9.57. The highest BCUT2D eigenvalue weighted by Gasteiger charge is 2.51. The van der Waals surface area contributed by atoms with Crippen LogP contribution in [0.2, 0.25) is 0 Å². The molecule has 1 N–H and O–H groups in total. The van der Waals surface area contributed by atoms with Gasteiger partial charge in [0, 0.05) is 18.7 Å². The normalized spacial score (nSPS) is 21.6. The van der Waals surface area contributed by atoms with Crippen LogP contribution in [0.4, 0.5) is 9.18 Å². The average Bonchev–Trinajstić information content (AvgIpc) is 3.52. The van der Waals surface area contributed by atoms with Crippen LogP contribution in [0, 0.1) is 5.82 Å². The number of nitrogens with one attached hydrogen (secondary N) is 1. The van der Waals surface area contributed by atoms with Crippen LogP contribution >= 0.6 is 0 Å². The molecule has 2 heterocycles. The van der Waals surface area contributed by atoms with Crippen LogP contribution in [0.5, 0.6) is 0 Å². The molecule has 0 unspecified atom stereocenters. The molecule has 1 aliphatic heterocycles. The lowest BCUT2D eigenvalue weighted by atomic mass is 9.95. The van der Waals surface area contributed by atoms with Crippen molar-refractivity contribution in [3.8, 4) is 0 Å². The Bertz CT molecular complexity index is 1090. The molecule has 35 heavy (non-hydrogen) atoms. The summed E-state index contributed by atoms with van der Waals surface area (Å²) in [6, 6.07) is 9.68. The van der Waals surface area contributed by atoms with Gasteiger partial charge in [0.15, 0.2) is 0 Å². The highest BCUT2D eigenvalue weighted by molar-refractivity contribution is 5.95. The molecule has 1 aliphatic carbocycles. The Kier molecular flexibility index (Phi) is 6.86. The zero-order valence-corrected chi connectivity index (χ0v) is 21.0. The summed E-state index contributed by atoms with van der Waals surface area (Å²) < 4.78 is 26.7. The van der Waals surface area contributed by atoms with Gasteiger partial charge in [0.25, 0.3) is 5.91 Å². The van der Waals surface area contributed by atoms with Crippen molar-refractivity contribution in [1.82, 2.24) is 15.2 Å². The number of benzene rings is 1. The SMILES string of the molecule is CC(C)(C)OC(=O)N1[C@H](Cc2ccccc2F)[C@H](Cc2ncccc2C(=O)NC2CC2)OC1(C)C. The van der Waals surface area contributed by atoms with E-state index >= 15 is 0 Å². The first-order chi connectivity index (χ1) is 16.4. The molecule has 4 rings (SSSR count). The van der Waals surface area contributed by atoms with Crippen molar-refractivity contribution in [2.24, 2.45) is 0 Å². The zero-order chi connectivity index (χ0) is 25.4. The lowest BCUT2D eigenvalue weighted by molar-refractivity contribution is -0.0785. The van der Waals surface area contributed by atoms with Gasteiger partial charge < -0.3 is 14.8 Å². The van der Waals surface area contributed by atoms with E-state index in [9.17, 15) is 14.0 Å². The van der Waals surface area contributed by atoms with Crippen LogP contribution < -0.4 is 5.32 Å². The number of carbonyl (C=O) groups excluding carboxylic acids is 2. The number of halogens is 1. The summed E-state index contributed by atoms with van der Waals surface area (Å²) in [5.74, 6) is -0.509. The van der Waals surface area contributed by atoms with E-state index in [2.05, 4.69) is 10.3 Å². The summed E-state index contributed by atoms with van der Waals surface area (Å²) in [6.07, 6.45) is 3.07. The maximum atomic E-state index is 14.6. The van der Waals surface area contributed by atoms with Crippen LogP contribution in [-0.2, 0) is 22.3 Å². The first kappa shape index (κ1) is 25.1. The predicted molar refractivity (Wildman–Crippen MR) is 129 cm³/mol. The molecule has 2 fully saturated rings. The van der Waals surface area contributed by atoms with Crippen molar-refractivity contribution in [1.29, 1.82) is 0 Å². The lowest BCUT2D eigenvalue weighted by Crippen LogP contribution is -2.51. The largest absolute Gasteiger partial charge is 0.444 e. The molecule has 7 nitrogen and oxygen atoms in total. The third-order valence-corrected chi connectivity index (χ3v) is 6.20. The van der Waals surface area contributed by atoms with E-state index in [1.807, 2.05) is 0 Å². The molecule has 0 bridgehead atoms. The fourth-order valence-electron chi connectivity index (χ4n) is 4.52. The fourth-order valence-corrected chi connectivity index (χ4v) is 4.52. The molecule has 1 saturated carbocycles. The van der Waals surface area contributed by atoms with Crippen molar-refractivity contribution >= 4 is 12.0 Å². The van der Waals surface area contributed by atoms with E-state index in [0.29, 0.717) is 16.8 Å². The minimum Gasteiger partial charge on any atom is -0.444 e. The van der Waals surface area contributed by atoms with Crippen LogP contribution in [0.25, 0.3) is 0 Å². The zero-order valence-electron chi connectivity index (χ0n) is 21.0. The van der Waals surface area contributed by atoms with Gasteiger partial charge in [-0.05, 0) is 77.6 Å². The standard InChI is InChI=1S/C27H34FN3O4/c1-26(2,3)35-25(33)31-22(15-17-9-6-7-11-20(17)28)23(34-27(31,4)5)16-21-19(10-8-14-29-21)24(32)30-18-12-13-18/h6-11,14,18,22-23H,12-13,15-16H2,1-5H3,(H,30,32)/t22-,23+/m1/s1. The maximum absolute atomic E-state index is 14.6. The molecule has 188 valence electrons. The number of nitrogens with zero attached hydrogens (tertiary/aromatic N) is 2. The molecule has 2 atom stereocenters. The van der Waals surface area contributed by atoms with E-state index in [1.165, 1.54) is 6.07 Å². The van der Waals surface area contributed by atoms with E-state index < -0.39 is 29.6 Å². The fraction of sp³-hybridized carbons (Fsp3) is 0.519. The van der Waals surface area contributed by atoms with E-state index in [-0.39, 0.29) is 30.6 Å². The van der Waals surface area contributed by atoms with Crippen LogP contribution in [-0.4, -0.2) is 51.4 Å². The number of pyridine rings is 1.